The Kier molecular flexibility index (Phi) is 12.2. The molecule has 0 aromatic carbocycles. The molecule has 0 saturated carbocycles. The summed E-state index contributed by atoms with van der Waals surface area (Å²) in [5.41, 5.74) is 0. The summed E-state index contributed by atoms with van der Waals surface area (Å²) in [5, 5.41) is 0. The lowest BCUT2D eigenvalue weighted by molar-refractivity contribution is -0.132. The fraction of sp³-hybridized carbons (Fsp3) is 0.941. The zero-order valence-electron chi connectivity index (χ0n) is 13.7. The minimum Gasteiger partial charge on any atom is -0.349 e. The van der Waals surface area contributed by atoms with Crippen LogP contribution in [0.4, 0.5) is 0 Å². The molecule has 0 aromatic heterocycles. The molecular weight excluding hydrogens is 234 g/mol. The molecule has 0 bridgehead atoms. The van der Waals surface area contributed by atoms with Gasteiger partial charge in [0.2, 0.25) is 5.91 Å². The molecule has 0 aliphatic carbocycles. The van der Waals surface area contributed by atoms with Gasteiger partial charge in [-0.1, -0.05) is 78.1 Å². The van der Waals surface area contributed by atoms with Crippen molar-refractivity contribution in [2.45, 2.75) is 84.5 Å². The first kappa shape index (κ1) is 18.5. The molecule has 0 aliphatic heterocycles. The van der Waals surface area contributed by atoms with Crippen molar-refractivity contribution in [2.75, 3.05) is 14.1 Å². The topological polar surface area (TPSA) is 20.3 Å². The summed E-state index contributed by atoms with van der Waals surface area (Å²) in [6, 6.07) is 0. The van der Waals surface area contributed by atoms with Gasteiger partial charge < -0.3 is 4.90 Å². The van der Waals surface area contributed by atoms with Gasteiger partial charge in [0.1, 0.15) is 0 Å². The van der Waals surface area contributed by atoms with Crippen molar-refractivity contribution in [3.63, 3.8) is 0 Å². The minimum atomic E-state index is 0.198. The van der Waals surface area contributed by atoms with Crippen molar-refractivity contribution in [2.24, 2.45) is 5.92 Å². The molecule has 0 aliphatic rings. The summed E-state index contributed by atoms with van der Waals surface area (Å²) in [6.45, 7) is 4.32. The van der Waals surface area contributed by atoms with Crippen LogP contribution in [0.25, 0.3) is 0 Å². The molecule has 1 amide bonds. The second-order valence-electron chi connectivity index (χ2n) is 6.10. The Hall–Kier alpha value is -0.530. The number of unbranched alkanes of at least 4 members (excludes halogenated alkanes) is 9. The Morgan fingerprint density at radius 2 is 1.26 bits per heavy atom. The minimum absolute atomic E-state index is 0.198. The molecule has 1 atom stereocenters. The summed E-state index contributed by atoms with van der Waals surface area (Å²) in [7, 11) is 3.69. The van der Waals surface area contributed by atoms with Gasteiger partial charge in [-0.15, -0.1) is 0 Å². The average molecular weight is 269 g/mol. The molecular formula is C17H35NO. The van der Waals surface area contributed by atoms with E-state index in [1.165, 1.54) is 64.2 Å². The van der Waals surface area contributed by atoms with Crippen LogP contribution in [0, 0.1) is 5.92 Å². The summed E-state index contributed by atoms with van der Waals surface area (Å²) in [5.74, 6) is 0.472. The van der Waals surface area contributed by atoms with Crippen molar-refractivity contribution >= 4 is 5.91 Å². The highest BCUT2D eigenvalue weighted by Gasteiger charge is 2.13. The van der Waals surface area contributed by atoms with E-state index in [4.69, 9.17) is 0 Å². The third-order valence-electron chi connectivity index (χ3n) is 3.85. The number of hydrogen-bond donors (Lipinski definition) is 0. The molecule has 0 spiro atoms. The van der Waals surface area contributed by atoms with Crippen molar-refractivity contribution in [1.29, 1.82) is 0 Å². The Labute approximate surface area is 120 Å². The van der Waals surface area contributed by atoms with Crippen molar-refractivity contribution < 1.29 is 4.79 Å². The van der Waals surface area contributed by atoms with E-state index in [1.807, 2.05) is 14.1 Å². The lowest BCUT2D eigenvalue weighted by Gasteiger charge is -2.16. The smallest absolute Gasteiger partial charge is 0.224 e. The fourth-order valence-electron chi connectivity index (χ4n) is 2.50. The number of carbonyl (C=O) groups is 1. The molecule has 0 radical (unpaired) electrons. The third-order valence-corrected chi connectivity index (χ3v) is 3.85. The summed E-state index contributed by atoms with van der Waals surface area (Å²) in [6.07, 6.45) is 14.7. The Morgan fingerprint density at radius 1 is 0.842 bits per heavy atom. The SMILES string of the molecule is CCCCCCCCCCCCC(C)C(=O)N(C)C. The number of carbonyl (C=O) groups excluding carboxylic acids is 1. The molecule has 0 rings (SSSR count). The molecule has 1 unspecified atom stereocenters. The van der Waals surface area contributed by atoms with Crippen LogP contribution in [0.2, 0.25) is 0 Å². The maximum Gasteiger partial charge on any atom is 0.224 e. The van der Waals surface area contributed by atoms with Crippen LogP contribution in [-0.2, 0) is 4.79 Å². The zero-order chi connectivity index (χ0) is 14.5. The van der Waals surface area contributed by atoms with Crippen molar-refractivity contribution in [1.82, 2.24) is 4.90 Å². The van der Waals surface area contributed by atoms with Gasteiger partial charge in [0.25, 0.3) is 0 Å². The number of nitrogens with zero attached hydrogens (tertiary/aromatic N) is 1. The van der Waals surface area contributed by atoms with Crippen LogP contribution in [0.1, 0.15) is 84.5 Å². The van der Waals surface area contributed by atoms with Crippen molar-refractivity contribution in [3.05, 3.63) is 0 Å². The normalized spacial score (nSPS) is 12.4. The third kappa shape index (κ3) is 11.0. The molecule has 0 N–H and O–H groups in total. The molecule has 2 nitrogen and oxygen atoms in total. The van der Waals surface area contributed by atoms with E-state index in [9.17, 15) is 4.79 Å². The van der Waals surface area contributed by atoms with Gasteiger partial charge in [0.05, 0.1) is 0 Å². The highest BCUT2D eigenvalue weighted by Crippen LogP contribution is 2.14. The van der Waals surface area contributed by atoms with Crippen LogP contribution in [0.15, 0.2) is 0 Å². The Balaban J connectivity index is 3.25. The summed E-state index contributed by atoms with van der Waals surface area (Å²) >= 11 is 0. The Morgan fingerprint density at radius 3 is 1.68 bits per heavy atom. The first-order valence-electron chi connectivity index (χ1n) is 8.30. The van der Waals surface area contributed by atoms with E-state index >= 15 is 0 Å². The highest BCUT2D eigenvalue weighted by atomic mass is 16.2. The maximum absolute atomic E-state index is 11.7. The average Bonchev–Trinajstić information content (AvgIpc) is 2.39. The van der Waals surface area contributed by atoms with Crippen LogP contribution in [0.5, 0.6) is 0 Å². The second kappa shape index (κ2) is 12.5. The molecule has 19 heavy (non-hydrogen) atoms. The molecule has 0 heterocycles. The maximum atomic E-state index is 11.7. The predicted molar refractivity (Wildman–Crippen MR) is 84.3 cm³/mol. The van der Waals surface area contributed by atoms with Gasteiger partial charge in [-0.05, 0) is 6.42 Å². The lowest BCUT2D eigenvalue weighted by atomic mass is 10.0. The molecule has 0 fully saturated rings. The van der Waals surface area contributed by atoms with Crippen LogP contribution in [-0.4, -0.2) is 24.9 Å². The van der Waals surface area contributed by atoms with Crippen LogP contribution >= 0.6 is 0 Å². The molecule has 0 saturated heterocycles. The Bertz CT molecular complexity index is 213. The molecule has 2 heteroatoms. The number of amides is 1. The molecule has 114 valence electrons. The quantitative estimate of drug-likeness (QED) is 0.455. The van der Waals surface area contributed by atoms with E-state index in [2.05, 4.69) is 13.8 Å². The first-order valence-corrected chi connectivity index (χ1v) is 8.30. The summed E-state index contributed by atoms with van der Waals surface area (Å²) < 4.78 is 0. The van der Waals surface area contributed by atoms with E-state index in [0.717, 1.165) is 6.42 Å². The van der Waals surface area contributed by atoms with Crippen LogP contribution < -0.4 is 0 Å². The van der Waals surface area contributed by atoms with Crippen LogP contribution in [0.3, 0.4) is 0 Å². The fourth-order valence-corrected chi connectivity index (χ4v) is 2.50. The van der Waals surface area contributed by atoms with Gasteiger partial charge in [0, 0.05) is 20.0 Å². The van der Waals surface area contributed by atoms with E-state index in [1.54, 1.807) is 4.90 Å². The van der Waals surface area contributed by atoms with Gasteiger partial charge >= 0.3 is 0 Å². The van der Waals surface area contributed by atoms with Gasteiger partial charge in [-0.2, -0.15) is 0 Å². The summed E-state index contributed by atoms with van der Waals surface area (Å²) in [4.78, 5) is 13.4. The number of hydrogen-bond acceptors (Lipinski definition) is 1. The van der Waals surface area contributed by atoms with Crippen molar-refractivity contribution in [3.8, 4) is 0 Å². The zero-order valence-corrected chi connectivity index (χ0v) is 13.7. The van der Waals surface area contributed by atoms with E-state index in [0.29, 0.717) is 0 Å². The van der Waals surface area contributed by atoms with E-state index < -0.39 is 0 Å². The highest BCUT2D eigenvalue weighted by molar-refractivity contribution is 5.77. The standard InChI is InChI=1S/C17H35NO/c1-5-6-7-8-9-10-11-12-13-14-15-16(2)17(19)18(3)4/h16H,5-15H2,1-4H3. The predicted octanol–water partition coefficient (Wildman–Crippen LogP) is 5.02. The first-order chi connectivity index (χ1) is 9.09. The molecule has 0 aromatic rings. The largest absolute Gasteiger partial charge is 0.349 e. The van der Waals surface area contributed by atoms with E-state index in [-0.39, 0.29) is 11.8 Å². The lowest BCUT2D eigenvalue weighted by Crippen LogP contribution is -2.27. The monoisotopic (exact) mass is 269 g/mol. The number of rotatable bonds is 12. The van der Waals surface area contributed by atoms with Gasteiger partial charge in [-0.3, -0.25) is 4.79 Å². The van der Waals surface area contributed by atoms with Gasteiger partial charge in [0.15, 0.2) is 0 Å². The second-order valence-corrected chi connectivity index (χ2v) is 6.10. The van der Waals surface area contributed by atoms with Gasteiger partial charge in [-0.25, -0.2) is 0 Å².